The lowest BCUT2D eigenvalue weighted by atomic mass is 9.79. The SMILES string of the molecule is CCC(Nc1nc(C=O)nc2nc(C3(c4ccccc4)CC3)n(C)c12)C1CCC1. The van der Waals surface area contributed by atoms with Gasteiger partial charge in [0.25, 0.3) is 0 Å². The van der Waals surface area contributed by atoms with Crippen molar-refractivity contribution >= 4 is 23.3 Å². The number of nitrogens with zero attached hydrogens (tertiary/aromatic N) is 4. The first-order chi connectivity index (χ1) is 14.2. The molecule has 0 aliphatic heterocycles. The van der Waals surface area contributed by atoms with E-state index in [0.717, 1.165) is 36.4 Å². The summed E-state index contributed by atoms with van der Waals surface area (Å²) >= 11 is 0. The van der Waals surface area contributed by atoms with Crippen LogP contribution in [0.15, 0.2) is 30.3 Å². The van der Waals surface area contributed by atoms with Crippen molar-refractivity contribution in [2.45, 2.75) is 56.9 Å². The van der Waals surface area contributed by atoms with Gasteiger partial charge in [0.15, 0.2) is 23.6 Å². The summed E-state index contributed by atoms with van der Waals surface area (Å²) in [5, 5.41) is 3.64. The molecule has 0 bridgehead atoms. The molecule has 5 rings (SSSR count). The number of hydrogen-bond acceptors (Lipinski definition) is 5. The topological polar surface area (TPSA) is 72.7 Å². The highest BCUT2D eigenvalue weighted by Gasteiger charge is 2.49. The number of aldehydes is 1. The van der Waals surface area contributed by atoms with Gasteiger partial charge in [-0.05, 0) is 43.6 Å². The second kappa shape index (κ2) is 6.94. The van der Waals surface area contributed by atoms with Crippen LogP contribution in [0.2, 0.25) is 0 Å². The highest BCUT2D eigenvalue weighted by atomic mass is 16.1. The second-order valence-corrected chi connectivity index (χ2v) is 8.51. The first-order valence-corrected chi connectivity index (χ1v) is 10.7. The van der Waals surface area contributed by atoms with E-state index in [1.165, 1.54) is 24.8 Å². The molecule has 2 saturated carbocycles. The van der Waals surface area contributed by atoms with Crippen LogP contribution in [0.3, 0.4) is 0 Å². The van der Waals surface area contributed by atoms with E-state index in [1.54, 1.807) is 0 Å². The maximum atomic E-state index is 11.5. The summed E-state index contributed by atoms with van der Waals surface area (Å²) in [5.74, 6) is 2.62. The molecule has 0 saturated heterocycles. The fraction of sp³-hybridized carbons (Fsp3) is 0.478. The number of aryl methyl sites for hydroxylation is 1. The van der Waals surface area contributed by atoms with Crippen LogP contribution in [0, 0.1) is 5.92 Å². The first-order valence-electron chi connectivity index (χ1n) is 10.7. The summed E-state index contributed by atoms with van der Waals surface area (Å²) in [7, 11) is 2.05. The molecule has 2 fully saturated rings. The summed E-state index contributed by atoms with van der Waals surface area (Å²) in [6.07, 6.45) is 7.72. The van der Waals surface area contributed by atoms with E-state index in [-0.39, 0.29) is 11.2 Å². The van der Waals surface area contributed by atoms with Gasteiger partial charge in [0.2, 0.25) is 0 Å². The Kier molecular flexibility index (Phi) is 4.37. The van der Waals surface area contributed by atoms with E-state index in [0.29, 0.717) is 23.9 Å². The number of hydrogen-bond donors (Lipinski definition) is 1. The fourth-order valence-electron chi connectivity index (χ4n) is 4.80. The van der Waals surface area contributed by atoms with Crippen LogP contribution in [0.5, 0.6) is 0 Å². The number of nitrogens with one attached hydrogen (secondary N) is 1. The quantitative estimate of drug-likeness (QED) is 0.612. The van der Waals surface area contributed by atoms with Crippen LogP contribution < -0.4 is 5.32 Å². The molecule has 3 aromatic rings. The summed E-state index contributed by atoms with van der Waals surface area (Å²) in [6, 6.07) is 10.9. The fourth-order valence-corrected chi connectivity index (χ4v) is 4.80. The molecule has 1 unspecified atom stereocenters. The Hall–Kier alpha value is -2.76. The summed E-state index contributed by atoms with van der Waals surface area (Å²) in [6.45, 7) is 2.21. The normalized spacial score (nSPS) is 19.0. The summed E-state index contributed by atoms with van der Waals surface area (Å²) < 4.78 is 2.14. The number of carbonyl (C=O) groups is 1. The van der Waals surface area contributed by atoms with Crippen LogP contribution >= 0.6 is 0 Å². The largest absolute Gasteiger partial charge is 0.365 e. The van der Waals surface area contributed by atoms with Crippen LogP contribution in [-0.2, 0) is 12.5 Å². The number of benzene rings is 1. The predicted molar refractivity (Wildman–Crippen MR) is 113 cm³/mol. The molecule has 0 spiro atoms. The Balaban J connectivity index is 1.62. The number of carbonyl (C=O) groups excluding carboxylic acids is 1. The third-order valence-corrected chi connectivity index (χ3v) is 6.84. The molecule has 1 N–H and O–H groups in total. The van der Waals surface area contributed by atoms with Crippen molar-refractivity contribution in [1.82, 2.24) is 19.5 Å². The van der Waals surface area contributed by atoms with Crippen molar-refractivity contribution in [3.05, 3.63) is 47.5 Å². The first kappa shape index (κ1) is 18.3. The minimum Gasteiger partial charge on any atom is -0.365 e. The molecule has 150 valence electrons. The lowest BCUT2D eigenvalue weighted by molar-refractivity contribution is 0.111. The van der Waals surface area contributed by atoms with Gasteiger partial charge in [-0.3, -0.25) is 4.79 Å². The molecule has 0 radical (unpaired) electrons. The van der Waals surface area contributed by atoms with Crippen molar-refractivity contribution in [3.63, 3.8) is 0 Å². The van der Waals surface area contributed by atoms with Gasteiger partial charge >= 0.3 is 0 Å². The molecule has 1 aromatic carbocycles. The highest BCUT2D eigenvalue weighted by Crippen LogP contribution is 2.53. The second-order valence-electron chi connectivity index (χ2n) is 8.51. The van der Waals surface area contributed by atoms with Crippen LogP contribution in [0.4, 0.5) is 5.82 Å². The van der Waals surface area contributed by atoms with E-state index in [9.17, 15) is 4.79 Å². The monoisotopic (exact) mass is 389 g/mol. The standard InChI is InChI=1S/C23H27N5O/c1-3-17(15-8-7-9-15)24-20-19-21(26-18(14-29)25-20)27-22(28(19)2)23(12-13-23)16-10-5-4-6-11-16/h4-6,10-11,14-15,17H,3,7-9,12-13H2,1-2H3,(H,24,25,26). The minimum atomic E-state index is -0.0621. The third-order valence-electron chi connectivity index (χ3n) is 6.84. The number of fused-ring (bicyclic) bond motifs is 1. The molecule has 0 amide bonds. The van der Waals surface area contributed by atoms with Gasteiger partial charge in [0.05, 0.1) is 5.41 Å². The van der Waals surface area contributed by atoms with Crippen LogP contribution in [0.1, 0.15) is 67.5 Å². The lowest BCUT2D eigenvalue weighted by Crippen LogP contribution is -2.33. The Morgan fingerprint density at radius 1 is 1.21 bits per heavy atom. The third kappa shape index (κ3) is 2.93. The van der Waals surface area contributed by atoms with Gasteiger partial charge in [-0.2, -0.15) is 0 Å². The number of aromatic nitrogens is 4. The molecule has 1 atom stereocenters. The zero-order valence-electron chi connectivity index (χ0n) is 17.1. The van der Waals surface area contributed by atoms with E-state index < -0.39 is 0 Å². The molecule has 2 aromatic heterocycles. The molecule has 29 heavy (non-hydrogen) atoms. The Morgan fingerprint density at radius 2 is 1.97 bits per heavy atom. The van der Waals surface area contributed by atoms with Gasteiger partial charge in [0.1, 0.15) is 11.3 Å². The summed E-state index contributed by atoms with van der Waals surface area (Å²) in [5.41, 5.74) is 2.73. The maximum Gasteiger partial charge on any atom is 0.196 e. The predicted octanol–water partition coefficient (Wildman–Crippen LogP) is 4.25. The summed E-state index contributed by atoms with van der Waals surface area (Å²) in [4.78, 5) is 25.4. The average Bonchev–Trinajstić information content (AvgIpc) is 3.45. The van der Waals surface area contributed by atoms with Crippen molar-refractivity contribution in [2.75, 3.05) is 5.32 Å². The van der Waals surface area contributed by atoms with Crippen molar-refractivity contribution in [2.24, 2.45) is 13.0 Å². The molecule has 6 heteroatoms. The minimum absolute atomic E-state index is 0.0621. The molecule has 6 nitrogen and oxygen atoms in total. The van der Waals surface area contributed by atoms with E-state index >= 15 is 0 Å². The van der Waals surface area contributed by atoms with Gasteiger partial charge < -0.3 is 9.88 Å². The number of rotatable bonds is 7. The Bertz CT molecular complexity index is 1050. The molecular formula is C23H27N5O. The molecule has 2 aliphatic rings. The van der Waals surface area contributed by atoms with E-state index in [2.05, 4.69) is 51.0 Å². The van der Waals surface area contributed by atoms with Crippen molar-refractivity contribution < 1.29 is 4.79 Å². The van der Waals surface area contributed by atoms with Gasteiger partial charge in [-0.1, -0.05) is 43.7 Å². The van der Waals surface area contributed by atoms with E-state index in [4.69, 9.17) is 4.98 Å². The van der Waals surface area contributed by atoms with Crippen molar-refractivity contribution in [1.29, 1.82) is 0 Å². The van der Waals surface area contributed by atoms with Crippen molar-refractivity contribution in [3.8, 4) is 0 Å². The average molecular weight is 390 g/mol. The lowest BCUT2D eigenvalue weighted by Gasteiger charge is -2.34. The molecular weight excluding hydrogens is 362 g/mol. The van der Waals surface area contributed by atoms with E-state index in [1.807, 2.05) is 13.1 Å². The zero-order valence-corrected chi connectivity index (χ0v) is 17.1. The van der Waals surface area contributed by atoms with Gasteiger partial charge in [-0.15, -0.1) is 0 Å². The smallest absolute Gasteiger partial charge is 0.196 e. The van der Waals surface area contributed by atoms with Gasteiger partial charge in [-0.25, -0.2) is 15.0 Å². The molecule has 2 aliphatic carbocycles. The maximum absolute atomic E-state index is 11.5. The highest BCUT2D eigenvalue weighted by molar-refractivity contribution is 5.87. The van der Waals surface area contributed by atoms with Crippen LogP contribution in [-0.4, -0.2) is 31.8 Å². The number of imidazole rings is 1. The Morgan fingerprint density at radius 3 is 2.55 bits per heavy atom. The molecule has 2 heterocycles. The Labute approximate surface area is 170 Å². The number of anilines is 1. The van der Waals surface area contributed by atoms with Gasteiger partial charge in [0, 0.05) is 13.1 Å². The zero-order chi connectivity index (χ0) is 20.0. The van der Waals surface area contributed by atoms with Crippen LogP contribution in [0.25, 0.3) is 11.2 Å².